The molecule has 2 aliphatic heterocycles. The van der Waals surface area contributed by atoms with E-state index in [-0.39, 0.29) is 11.9 Å². The molecule has 2 aliphatic rings. The molecular formula is C20H33N5O2S. The van der Waals surface area contributed by atoms with Crippen LogP contribution in [0.5, 0.6) is 0 Å². The van der Waals surface area contributed by atoms with Gasteiger partial charge in [0.1, 0.15) is 0 Å². The van der Waals surface area contributed by atoms with E-state index in [2.05, 4.69) is 40.0 Å². The van der Waals surface area contributed by atoms with Crippen molar-refractivity contribution in [2.45, 2.75) is 32.2 Å². The number of carbonyl (C=O) groups excluding carboxylic acids is 1. The van der Waals surface area contributed by atoms with Crippen molar-refractivity contribution in [2.75, 3.05) is 59.0 Å². The molecule has 0 radical (unpaired) electrons. The Morgan fingerprint density at radius 1 is 1.25 bits per heavy atom. The monoisotopic (exact) mass is 407 g/mol. The molecule has 2 N–H and O–H groups in total. The molecule has 3 heterocycles. The smallest absolute Gasteiger partial charge is 0.224 e. The highest BCUT2D eigenvalue weighted by Crippen LogP contribution is 2.26. The number of morpholine rings is 1. The minimum atomic E-state index is 0.241. The van der Waals surface area contributed by atoms with Gasteiger partial charge in [0.2, 0.25) is 5.91 Å². The van der Waals surface area contributed by atoms with Crippen LogP contribution in [-0.4, -0.2) is 80.7 Å². The number of hydrogen-bond donors (Lipinski definition) is 2. The molecule has 2 fully saturated rings. The van der Waals surface area contributed by atoms with Gasteiger partial charge in [0.05, 0.1) is 25.8 Å². The topological polar surface area (TPSA) is 69.2 Å². The number of carbonyl (C=O) groups is 1. The Morgan fingerprint density at radius 3 is 2.71 bits per heavy atom. The predicted octanol–water partition coefficient (Wildman–Crippen LogP) is 1.69. The van der Waals surface area contributed by atoms with E-state index in [0.717, 1.165) is 64.7 Å². The van der Waals surface area contributed by atoms with E-state index >= 15 is 0 Å². The first-order valence-electron chi connectivity index (χ1n) is 10.4. The lowest BCUT2D eigenvalue weighted by Gasteiger charge is -2.33. The van der Waals surface area contributed by atoms with Gasteiger partial charge in [0.25, 0.3) is 0 Å². The number of ether oxygens (including phenoxy) is 1. The molecule has 28 heavy (non-hydrogen) atoms. The summed E-state index contributed by atoms with van der Waals surface area (Å²) in [5.41, 5.74) is 0. The van der Waals surface area contributed by atoms with Gasteiger partial charge in [-0.25, -0.2) is 0 Å². The molecule has 3 rings (SSSR count). The molecule has 0 aliphatic carbocycles. The molecule has 0 spiro atoms. The number of thiophene rings is 1. The molecule has 8 heteroatoms. The van der Waals surface area contributed by atoms with E-state index < -0.39 is 0 Å². The highest BCUT2D eigenvalue weighted by molar-refractivity contribution is 7.10. The minimum absolute atomic E-state index is 0.241. The quantitative estimate of drug-likeness (QED) is 0.507. The Labute approximate surface area is 172 Å². The van der Waals surface area contributed by atoms with Crippen LogP contribution in [0.25, 0.3) is 0 Å². The average molecular weight is 408 g/mol. The Hall–Kier alpha value is -1.64. The lowest BCUT2D eigenvalue weighted by molar-refractivity contribution is -0.129. The van der Waals surface area contributed by atoms with Crippen LogP contribution >= 0.6 is 11.3 Å². The van der Waals surface area contributed by atoms with Gasteiger partial charge in [-0.1, -0.05) is 6.07 Å². The van der Waals surface area contributed by atoms with E-state index in [4.69, 9.17) is 9.73 Å². The Balaban J connectivity index is 1.55. The van der Waals surface area contributed by atoms with Crippen LogP contribution in [0.3, 0.4) is 0 Å². The molecule has 156 valence electrons. The van der Waals surface area contributed by atoms with Crippen molar-refractivity contribution < 1.29 is 9.53 Å². The summed E-state index contributed by atoms with van der Waals surface area (Å²) < 4.78 is 5.51. The summed E-state index contributed by atoms with van der Waals surface area (Å²) in [6, 6.07) is 4.56. The molecule has 1 amide bonds. The molecule has 1 unspecified atom stereocenters. The molecule has 1 aromatic heterocycles. The van der Waals surface area contributed by atoms with Crippen LogP contribution in [-0.2, 0) is 9.53 Å². The van der Waals surface area contributed by atoms with E-state index in [1.165, 1.54) is 4.88 Å². The number of amides is 1. The predicted molar refractivity (Wildman–Crippen MR) is 114 cm³/mol. The van der Waals surface area contributed by atoms with E-state index in [1.54, 1.807) is 11.3 Å². The summed E-state index contributed by atoms with van der Waals surface area (Å²) in [5, 5.41) is 8.76. The van der Waals surface area contributed by atoms with Crippen molar-refractivity contribution >= 4 is 23.2 Å². The van der Waals surface area contributed by atoms with Crippen molar-refractivity contribution in [3.05, 3.63) is 22.4 Å². The van der Waals surface area contributed by atoms with Crippen LogP contribution < -0.4 is 10.6 Å². The van der Waals surface area contributed by atoms with Gasteiger partial charge in [-0.3, -0.25) is 14.7 Å². The van der Waals surface area contributed by atoms with Crippen molar-refractivity contribution in [2.24, 2.45) is 4.99 Å². The maximum absolute atomic E-state index is 12.2. The number of aliphatic imine (C=N–C) groups is 1. The second kappa shape index (κ2) is 11.4. The Morgan fingerprint density at radius 2 is 2.04 bits per heavy atom. The standard InChI is InChI=1S/C20H33N5O2S/c1-2-21-20(22-8-7-19(26)25-9-3-4-10-25)23-16-17(18-6-5-15-28-18)24-11-13-27-14-12-24/h5-6,15,17H,2-4,7-14,16H2,1H3,(H2,21,22,23). The number of nitrogens with one attached hydrogen (secondary N) is 2. The number of rotatable bonds is 8. The zero-order valence-electron chi connectivity index (χ0n) is 16.9. The van der Waals surface area contributed by atoms with Crippen LogP contribution in [0.15, 0.2) is 22.5 Å². The molecule has 2 saturated heterocycles. The Bertz CT molecular complexity index is 610. The summed E-state index contributed by atoms with van der Waals surface area (Å²) in [4.78, 5) is 22.8. The number of hydrogen-bond acceptors (Lipinski definition) is 5. The third-order valence-electron chi connectivity index (χ3n) is 5.21. The van der Waals surface area contributed by atoms with Gasteiger partial charge >= 0.3 is 0 Å². The largest absolute Gasteiger partial charge is 0.379 e. The van der Waals surface area contributed by atoms with Crippen molar-refractivity contribution in [1.29, 1.82) is 0 Å². The average Bonchev–Trinajstić information content (AvgIpc) is 3.43. The first kappa shape index (κ1) is 21.1. The van der Waals surface area contributed by atoms with Gasteiger partial charge in [-0.05, 0) is 31.2 Å². The van der Waals surface area contributed by atoms with Crippen molar-refractivity contribution in [3.8, 4) is 0 Å². The second-order valence-corrected chi connectivity index (χ2v) is 8.14. The highest BCUT2D eigenvalue weighted by Gasteiger charge is 2.23. The van der Waals surface area contributed by atoms with Crippen LogP contribution in [0.4, 0.5) is 0 Å². The van der Waals surface area contributed by atoms with Gasteiger partial charge in [0.15, 0.2) is 5.96 Å². The fourth-order valence-electron chi connectivity index (χ4n) is 3.69. The van der Waals surface area contributed by atoms with Gasteiger partial charge in [0, 0.05) is 50.6 Å². The third-order valence-corrected chi connectivity index (χ3v) is 6.19. The zero-order valence-corrected chi connectivity index (χ0v) is 17.7. The van der Waals surface area contributed by atoms with Gasteiger partial charge in [-0.15, -0.1) is 11.3 Å². The van der Waals surface area contributed by atoms with Crippen LogP contribution in [0, 0.1) is 0 Å². The summed E-state index contributed by atoms with van der Waals surface area (Å²) in [7, 11) is 0. The fraction of sp³-hybridized carbons (Fsp3) is 0.700. The Kier molecular flexibility index (Phi) is 8.57. The van der Waals surface area contributed by atoms with Crippen molar-refractivity contribution in [1.82, 2.24) is 20.4 Å². The van der Waals surface area contributed by atoms with E-state index in [0.29, 0.717) is 19.5 Å². The summed E-state index contributed by atoms with van der Waals surface area (Å²) >= 11 is 1.78. The lowest BCUT2D eigenvalue weighted by atomic mass is 10.2. The van der Waals surface area contributed by atoms with E-state index in [1.807, 2.05) is 4.90 Å². The van der Waals surface area contributed by atoms with Crippen LogP contribution in [0.1, 0.15) is 37.1 Å². The van der Waals surface area contributed by atoms with Gasteiger partial charge < -0.3 is 20.3 Å². The van der Waals surface area contributed by atoms with Gasteiger partial charge in [-0.2, -0.15) is 0 Å². The third kappa shape index (κ3) is 6.18. The summed E-state index contributed by atoms with van der Waals surface area (Å²) in [5.74, 6) is 1.03. The second-order valence-electron chi connectivity index (χ2n) is 7.16. The maximum Gasteiger partial charge on any atom is 0.224 e. The molecule has 0 bridgehead atoms. The number of guanidine groups is 1. The van der Waals surface area contributed by atoms with Crippen LogP contribution in [0.2, 0.25) is 0 Å². The molecule has 1 aromatic rings. The lowest BCUT2D eigenvalue weighted by Crippen LogP contribution is -2.42. The number of nitrogens with zero attached hydrogens (tertiary/aromatic N) is 3. The first-order chi connectivity index (χ1) is 13.8. The SMILES string of the molecule is CCNC(=NCC(c1cccs1)N1CCOCC1)NCCC(=O)N1CCCC1. The molecule has 0 aromatic carbocycles. The normalized spacial score (nSPS) is 19.6. The zero-order chi connectivity index (χ0) is 19.6. The molecular weight excluding hydrogens is 374 g/mol. The summed E-state index contributed by atoms with van der Waals surface area (Å²) in [6.07, 6.45) is 2.78. The van der Waals surface area contributed by atoms with Crippen molar-refractivity contribution in [3.63, 3.8) is 0 Å². The highest BCUT2D eigenvalue weighted by atomic mass is 32.1. The molecule has 0 saturated carbocycles. The first-order valence-corrected chi connectivity index (χ1v) is 11.3. The molecule has 7 nitrogen and oxygen atoms in total. The van der Waals surface area contributed by atoms with E-state index in [9.17, 15) is 4.79 Å². The minimum Gasteiger partial charge on any atom is -0.379 e. The summed E-state index contributed by atoms with van der Waals surface area (Å²) in [6.45, 7) is 9.42. The molecule has 1 atom stereocenters. The number of likely N-dealkylation sites (tertiary alicyclic amines) is 1. The maximum atomic E-state index is 12.2. The fourth-order valence-corrected chi connectivity index (χ4v) is 4.54.